The highest BCUT2D eigenvalue weighted by Crippen LogP contribution is 2.19. The zero-order valence-electron chi connectivity index (χ0n) is 12.8. The highest BCUT2D eigenvalue weighted by molar-refractivity contribution is 5.92. The van der Waals surface area contributed by atoms with Gasteiger partial charge in [-0.3, -0.25) is 4.79 Å². The zero-order valence-corrected chi connectivity index (χ0v) is 12.8. The minimum Gasteiger partial charge on any atom is -0.436 e. The molecular weight excluding hydrogens is 264 g/mol. The van der Waals surface area contributed by atoms with Crippen LogP contribution in [0.5, 0.6) is 0 Å². The van der Waals surface area contributed by atoms with Crippen LogP contribution < -0.4 is 5.32 Å². The van der Waals surface area contributed by atoms with Crippen molar-refractivity contribution in [1.29, 1.82) is 0 Å². The van der Waals surface area contributed by atoms with Crippen molar-refractivity contribution < 1.29 is 9.21 Å². The first-order chi connectivity index (χ1) is 10.1. The number of benzene rings is 1. The molecule has 1 aromatic heterocycles. The predicted molar refractivity (Wildman–Crippen MR) is 82.4 cm³/mol. The van der Waals surface area contributed by atoms with E-state index in [1.165, 1.54) is 5.56 Å². The molecular formula is C17H22N2O2. The Kier molecular flexibility index (Phi) is 5.14. The van der Waals surface area contributed by atoms with Crippen molar-refractivity contribution in [2.24, 2.45) is 0 Å². The molecule has 0 saturated carbocycles. The zero-order chi connectivity index (χ0) is 15.2. The van der Waals surface area contributed by atoms with Crippen molar-refractivity contribution in [3.05, 3.63) is 53.2 Å². The summed E-state index contributed by atoms with van der Waals surface area (Å²) in [5.41, 5.74) is 2.01. The van der Waals surface area contributed by atoms with Crippen molar-refractivity contribution in [1.82, 2.24) is 10.3 Å². The number of aryl methyl sites for hydroxylation is 2. The van der Waals surface area contributed by atoms with Gasteiger partial charge in [0.05, 0.1) is 5.69 Å². The van der Waals surface area contributed by atoms with E-state index in [0.717, 1.165) is 18.5 Å². The van der Waals surface area contributed by atoms with Gasteiger partial charge in [0.1, 0.15) is 0 Å². The average molecular weight is 286 g/mol. The number of oxazole rings is 1. The maximum Gasteiger partial charge on any atom is 0.289 e. The van der Waals surface area contributed by atoms with E-state index in [0.29, 0.717) is 18.2 Å². The SMILES string of the molecule is Cc1nc(C(C)C)c(C(=O)NCCCc2ccccc2)o1. The van der Waals surface area contributed by atoms with Crippen LogP contribution in [-0.2, 0) is 6.42 Å². The number of nitrogens with one attached hydrogen (secondary N) is 1. The quantitative estimate of drug-likeness (QED) is 0.827. The smallest absolute Gasteiger partial charge is 0.289 e. The van der Waals surface area contributed by atoms with E-state index in [9.17, 15) is 4.79 Å². The molecule has 0 saturated heterocycles. The summed E-state index contributed by atoms with van der Waals surface area (Å²) in [7, 11) is 0. The van der Waals surface area contributed by atoms with Crippen LogP contribution in [0.4, 0.5) is 0 Å². The summed E-state index contributed by atoms with van der Waals surface area (Å²) in [6, 6.07) is 10.3. The van der Waals surface area contributed by atoms with E-state index in [4.69, 9.17) is 4.42 Å². The Labute approximate surface area is 125 Å². The van der Waals surface area contributed by atoms with E-state index in [1.807, 2.05) is 32.0 Å². The summed E-state index contributed by atoms with van der Waals surface area (Å²) >= 11 is 0. The minimum atomic E-state index is -0.174. The molecule has 0 radical (unpaired) electrons. The van der Waals surface area contributed by atoms with Gasteiger partial charge in [0.15, 0.2) is 5.89 Å². The number of amides is 1. The van der Waals surface area contributed by atoms with Crippen LogP contribution in [0.1, 0.15) is 53.9 Å². The van der Waals surface area contributed by atoms with Crippen LogP contribution in [0.25, 0.3) is 0 Å². The largest absolute Gasteiger partial charge is 0.436 e. The molecule has 1 heterocycles. The summed E-state index contributed by atoms with van der Waals surface area (Å²) < 4.78 is 5.43. The Bertz CT molecular complexity index is 588. The van der Waals surface area contributed by atoms with Gasteiger partial charge in [0.2, 0.25) is 5.76 Å². The normalized spacial score (nSPS) is 10.9. The van der Waals surface area contributed by atoms with Crippen LogP contribution in [0.15, 0.2) is 34.7 Å². The lowest BCUT2D eigenvalue weighted by atomic mass is 10.1. The molecule has 0 atom stereocenters. The second-order valence-corrected chi connectivity index (χ2v) is 5.45. The number of carbonyl (C=O) groups excluding carboxylic acids is 1. The summed E-state index contributed by atoms with van der Waals surface area (Å²) in [5.74, 6) is 0.884. The first-order valence-electron chi connectivity index (χ1n) is 7.37. The molecule has 0 unspecified atom stereocenters. The van der Waals surface area contributed by atoms with Crippen molar-refractivity contribution in [2.45, 2.75) is 39.5 Å². The molecule has 1 aromatic carbocycles. The maximum absolute atomic E-state index is 12.1. The van der Waals surface area contributed by atoms with Gasteiger partial charge in [-0.2, -0.15) is 0 Å². The summed E-state index contributed by atoms with van der Waals surface area (Å²) in [6.45, 7) is 6.40. The lowest BCUT2D eigenvalue weighted by Gasteiger charge is -2.06. The van der Waals surface area contributed by atoms with Crippen molar-refractivity contribution in [3.8, 4) is 0 Å². The summed E-state index contributed by atoms with van der Waals surface area (Å²) in [6.07, 6.45) is 1.85. The molecule has 0 aliphatic rings. The molecule has 1 N–H and O–H groups in total. The molecule has 0 spiro atoms. The molecule has 0 aliphatic heterocycles. The summed E-state index contributed by atoms with van der Waals surface area (Å²) in [4.78, 5) is 16.4. The fourth-order valence-electron chi connectivity index (χ4n) is 2.22. The van der Waals surface area contributed by atoms with Gasteiger partial charge in [-0.25, -0.2) is 4.98 Å². The van der Waals surface area contributed by atoms with Crippen molar-refractivity contribution >= 4 is 5.91 Å². The van der Waals surface area contributed by atoms with Crippen LogP contribution in [0.2, 0.25) is 0 Å². The Morgan fingerprint density at radius 3 is 2.67 bits per heavy atom. The molecule has 4 heteroatoms. The Hall–Kier alpha value is -2.10. The predicted octanol–water partition coefficient (Wildman–Crippen LogP) is 3.47. The summed E-state index contributed by atoms with van der Waals surface area (Å²) in [5, 5.41) is 2.91. The first-order valence-corrected chi connectivity index (χ1v) is 7.37. The van der Waals surface area contributed by atoms with Gasteiger partial charge >= 0.3 is 0 Å². The lowest BCUT2D eigenvalue weighted by molar-refractivity contribution is 0.0922. The fraction of sp³-hybridized carbons (Fsp3) is 0.412. The molecule has 0 aliphatic carbocycles. The first kappa shape index (κ1) is 15.3. The molecule has 2 aromatic rings. The van der Waals surface area contributed by atoms with Crippen LogP contribution in [-0.4, -0.2) is 17.4 Å². The van der Waals surface area contributed by atoms with E-state index in [2.05, 4.69) is 22.4 Å². The van der Waals surface area contributed by atoms with Crippen LogP contribution >= 0.6 is 0 Å². The molecule has 1 amide bonds. The third kappa shape index (κ3) is 4.18. The van der Waals surface area contributed by atoms with Gasteiger partial charge in [-0.15, -0.1) is 0 Å². The van der Waals surface area contributed by atoms with Gasteiger partial charge in [0.25, 0.3) is 5.91 Å². The van der Waals surface area contributed by atoms with Crippen molar-refractivity contribution in [2.75, 3.05) is 6.54 Å². The average Bonchev–Trinajstić information content (AvgIpc) is 2.87. The van der Waals surface area contributed by atoms with Crippen molar-refractivity contribution in [3.63, 3.8) is 0 Å². The third-order valence-corrected chi connectivity index (χ3v) is 3.28. The van der Waals surface area contributed by atoms with Crippen LogP contribution in [0.3, 0.4) is 0 Å². The third-order valence-electron chi connectivity index (χ3n) is 3.28. The molecule has 2 rings (SSSR count). The molecule has 0 fully saturated rings. The number of carbonyl (C=O) groups is 1. The standard InChI is InChI=1S/C17H22N2O2/c1-12(2)15-16(21-13(3)19-15)17(20)18-11-7-10-14-8-5-4-6-9-14/h4-6,8-9,12H,7,10-11H2,1-3H3,(H,18,20). The van der Waals surface area contributed by atoms with Gasteiger partial charge in [0, 0.05) is 13.5 Å². The van der Waals surface area contributed by atoms with E-state index < -0.39 is 0 Å². The van der Waals surface area contributed by atoms with E-state index in [1.54, 1.807) is 6.92 Å². The monoisotopic (exact) mass is 286 g/mol. The second kappa shape index (κ2) is 7.07. The van der Waals surface area contributed by atoms with Gasteiger partial charge in [-0.05, 0) is 24.3 Å². The second-order valence-electron chi connectivity index (χ2n) is 5.45. The fourth-order valence-corrected chi connectivity index (χ4v) is 2.22. The minimum absolute atomic E-state index is 0.174. The number of aromatic nitrogens is 1. The van der Waals surface area contributed by atoms with E-state index in [-0.39, 0.29) is 11.8 Å². The molecule has 4 nitrogen and oxygen atoms in total. The number of rotatable bonds is 6. The number of hydrogen-bond acceptors (Lipinski definition) is 3. The van der Waals surface area contributed by atoms with Crippen LogP contribution in [0, 0.1) is 6.92 Å². The van der Waals surface area contributed by atoms with Gasteiger partial charge < -0.3 is 9.73 Å². The highest BCUT2D eigenvalue weighted by atomic mass is 16.4. The number of hydrogen-bond donors (Lipinski definition) is 1. The lowest BCUT2D eigenvalue weighted by Crippen LogP contribution is -2.25. The van der Waals surface area contributed by atoms with Gasteiger partial charge in [-0.1, -0.05) is 44.2 Å². The molecule has 112 valence electrons. The highest BCUT2D eigenvalue weighted by Gasteiger charge is 2.20. The van der Waals surface area contributed by atoms with E-state index >= 15 is 0 Å². The topological polar surface area (TPSA) is 55.1 Å². The number of nitrogens with zero attached hydrogens (tertiary/aromatic N) is 1. The Balaban J connectivity index is 1.85. The maximum atomic E-state index is 12.1. The Morgan fingerprint density at radius 1 is 1.29 bits per heavy atom. The molecule has 0 bridgehead atoms. The Morgan fingerprint density at radius 2 is 2.00 bits per heavy atom. The molecule has 21 heavy (non-hydrogen) atoms.